The van der Waals surface area contributed by atoms with Gasteiger partial charge in [-0.15, -0.1) is 5.10 Å². The first kappa shape index (κ1) is 11.1. The van der Waals surface area contributed by atoms with Crippen LogP contribution in [0.25, 0.3) is 0 Å². The van der Waals surface area contributed by atoms with Crippen molar-refractivity contribution in [2.75, 3.05) is 11.5 Å². The maximum absolute atomic E-state index is 11.6. The van der Waals surface area contributed by atoms with Crippen molar-refractivity contribution in [3.8, 4) is 0 Å². The first-order valence-electron chi connectivity index (χ1n) is 4.86. The number of aromatic amines is 1. The molecule has 1 unspecified atom stereocenters. The summed E-state index contributed by atoms with van der Waals surface area (Å²) in [6.07, 6.45) is 0.456. The minimum Gasteiger partial charge on any atom is -0.345 e. The average molecular weight is 244 g/mol. The molecule has 1 aliphatic rings. The van der Waals surface area contributed by atoms with Gasteiger partial charge in [0.25, 0.3) is 5.91 Å². The molecule has 0 radical (unpaired) electrons. The van der Waals surface area contributed by atoms with Gasteiger partial charge in [-0.1, -0.05) is 0 Å². The number of aryl methyl sites for hydroxylation is 1. The zero-order valence-corrected chi connectivity index (χ0v) is 9.54. The first-order valence-corrected chi connectivity index (χ1v) is 6.69. The first-order chi connectivity index (χ1) is 7.46. The number of aromatic nitrogens is 3. The summed E-state index contributed by atoms with van der Waals surface area (Å²) in [6.45, 7) is 1.68. The van der Waals surface area contributed by atoms with Crippen molar-refractivity contribution in [2.24, 2.45) is 0 Å². The zero-order chi connectivity index (χ0) is 11.8. The molecule has 8 heteroatoms. The fourth-order valence-corrected chi connectivity index (χ4v) is 3.28. The molecule has 0 bridgehead atoms. The highest BCUT2D eigenvalue weighted by Crippen LogP contribution is 2.11. The predicted octanol–water partition coefficient (Wildman–Crippen LogP) is -0.970. The van der Waals surface area contributed by atoms with Crippen molar-refractivity contribution in [2.45, 2.75) is 19.4 Å². The molecule has 16 heavy (non-hydrogen) atoms. The Kier molecular flexibility index (Phi) is 2.66. The van der Waals surface area contributed by atoms with Crippen molar-refractivity contribution < 1.29 is 13.2 Å². The second-order valence-corrected chi connectivity index (χ2v) is 6.05. The van der Waals surface area contributed by atoms with Crippen LogP contribution in [0.15, 0.2) is 0 Å². The minimum atomic E-state index is -2.98. The number of hydrogen-bond donors (Lipinski definition) is 2. The molecule has 1 saturated heterocycles. The highest BCUT2D eigenvalue weighted by atomic mass is 32.2. The summed E-state index contributed by atoms with van der Waals surface area (Å²) in [6, 6.07) is -0.323. The van der Waals surface area contributed by atoms with E-state index in [2.05, 4.69) is 20.5 Å². The molecular weight excluding hydrogens is 232 g/mol. The van der Waals surface area contributed by atoms with Crippen LogP contribution in [0.3, 0.4) is 0 Å². The lowest BCUT2D eigenvalue weighted by Gasteiger charge is -2.07. The Bertz CT molecular complexity index is 507. The summed E-state index contributed by atoms with van der Waals surface area (Å²) >= 11 is 0. The molecule has 1 aromatic heterocycles. The number of amides is 1. The molecule has 2 heterocycles. The van der Waals surface area contributed by atoms with Crippen molar-refractivity contribution in [1.29, 1.82) is 0 Å². The van der Waals surface area contributed by atoms with E-state index in [0.29, 0.717) is 12.2 Å². The van der Waals surface area contributed by atoms with E-state index >= 15 is 0 Å². The maximum atomic E-state index is 11.6. The van der Waals surface area contributed by atoms with Crippen LogP contribution in [-0.2, 0) is 9.84 Å². The van der Waals surface area contributed by atoms with Gasteiger partial charge in [0.1, 0.15) is 5.82 Å². The van der Waals surface area contributed by atoms with Crippen LogP contribution >= 0.6 is 0 Å². The van der Waals surface area contributed by atoms with Crippen molar-refractivity contribution in [3.63, 3.8) is 0 Å². The molecule has 7 nitrogen and oxygen atoms in total. The summed E-state index contributed by atoms with van der Waals surface area (Å²) in [5.74, 6) is 0.282. The minimum absolute atomic E-state index is 0.00213. The highest BCUT2D eigenvalue weighted by molar-refractivity contribution is 7.91. The third kappa shape index (κ3) is 2.38. The summed E-state index contributed by atoms with van der Waals surface area (Å²) in [5.41, 5.74) is 0. The topological polar surface area (TPSA) is 105 Å². The number of H-pyrrole nitrogens is 1. The quantitative estimate of drug-likeness (QED) is 0.696. The van der Waals surface area contributed by atoms with E-state index in [9.17, 15) is 13.2 Å². The molecule has 1 atom stereocenters. The molecule has 0 aliphatic carbocycles. The molecule has 1 aliphatic heterocycles. The van der Waals surface area contributed by atoms with Crippen molar-refractivity contribution >= 4 is 15.7 Å². The van der Waals surface area contributed by atoms with Crippen LogP contribution in [0.5, 0.6) is 0 Å². The van der Waals surface area contributed by atoms with Crippen molar-refractivity contribution in [1.82, 2.24) is 20.5 Å². The smallest absolute Gasteiger partial charge is 0.291 e. The summed E-state index contributed by atoms with van der Waals surface area (Å²) in [5, 5.41) is 8.85. The fourth-order valence-electron chi connectivity index (χ4n) is 1.60. The molecule has 1 fully saturated rings. The lowest BCUT2D eigenvalue weighted by atomic mass is 10.2. The Morgan fingerprint density at radius 2 is 2.31 bits per heavy atom. The Hall–Kier alpha value is -1.44. The molecule has 0 spiro atoms. The largest absolute Gasteiger partial charge is 0.345 e. The Balaban J connectivity index is 1.99. The van der Waals surface area contributed by atoms with Gasteiger partial charge < -0.3 is 5.32 Å². The second-order valence-electron chi connectivity index (χ2n) is 3.82. The number of nitrogens with zero attached hydrogens (tertiary/aromatic N) is 2. The summed E-state index contributed by atoms with van der Waals surface area (Å²) in [7, 11) is -2.98. The van der Waals surface area contributed by atoms with Gasteiger partial charge in [0.05, 0.1) is 11.5 Å². The van der Waals surface area contributed by atoms with Gasteiger partial charge >= 0.3 is 0 Å². The molecule has 1 amide bonds. The van der Waals surface area contributed by atoms with Gasteiger partial charge in [-0.3, -0.25) is 9.89 Å². The van der Waals surface area contributed by atoms with Gasteiger partial charge in [0.15, 0.2) is 9.84 Å². The molecular formula is C8H12N4O3S. The standard InChI is InChI=1S/C8H12N4O3S/c1-5-9-7(12-11-5)8(13)10-6-2-3-16(14,15)4-6/h6H,2-4H2,1H3,(H,10,13)(H,9,11,12). The zero-order valence-electron chi connectivity index (χ0n) is 8.73. The lowest BCUT2D eigenvalue weighted by molar-refractivity contribution is 0.0931. The second kappa shape index (κ2) is 3.85. The number of rotatable bonds is 2. The summed E-state index contributed by atoms with van der Waals surface area (Å²) in [4.78, 5) is 15.4. The number of sulfone groups is 1. The van der Waals surface area contributed by atoms with E-state index in [4.69, 9.17) is 0 Å². The molecule has 1 aromatic rings. The molecule has 2 N–H and O–H groups in total. The fraction of sp³-hybridized carbons (Fsp3) is 0.625. The Morgan fingerprint density at radius 1 is 1.56 bits per heavy atom. The van der Waals surface area contributed by atoms with E-state index < -0.39 is 15.7 Å². The Labute approximate surface area is 92.6 Å². The third-order valence-corrected chi connectivity index (χ3v) is 4.14. The molecule has 0 aromatic carbocycles. The third-order valence-electron chi connectivity index (χ3n) is 2.37. The van der Waals surface area contributed by atoms with Crippen LogP contribution in [0, 0.1) is 6.92 Å². The normalized spacial score (nSPS) is 23.2. The van der Waals surface area contributed by atoms with Gasteiger partial charge in [0, 0.05) is 6.04 Å². The van der Waals surface area contributed by atoms with E-state index in [1.54, 1.807) is 6.92 Å². The Morgan fingerprint density at radius 3 is 2.81 bits per heavy atom. The number of hydrogen-bond acceptors (Lipinski definition) is 5. The number of carbonyl (C=O) groups is 1. The van der Waals surface area contributed by atoms with E-state index in [1.807, 2.05) is 0 Å². The van der Waals surface area contributed by atoms with Crippen LogP contribution in [0.1, 0.15) is 22.9 Å². The summed E-state index contributed by atoms with van der Waals surface area (Å²) < 4.78 is 22.3. The van der Waals surface area contributed by atoms with E-state index in [-0.39, 0.29) is 23.4 Å². The van der Waals surface area contributed by atoms with Gasteiger partial charge in [-0.05, 0) is 13.3 Å². The molecule has 88 valence electrons. The maximum Gasteiger partial charge on any atom is 0.291 e. The van der Waals surface area contributed by atoms with Gasteiger partial charge in [-0.25, -0.2) is 13.4 Å². The SMILES string of the molecule is Cc1nc(C(=O)NC2CCS(=O)(=O)C2)n[nH]1. The predicted molar refractivity (Wildman–Crippen MR) is 55.6 cm³/mol. The van der Waals surface area contributed by atoms with Crippen LogP contribution in [-0.4, -0.2) is 47.1 Å². The van der Waals surface area contributed by atoms with Gasteiger partial charge in [0.2, 0.25) is 5.82 Å². The van der Waals surface area contributed by atoms with Crippen LogP contribution in [0.2, 0.25) is 0 Å². The number of nitrogens with one attached hydrogen (secondary N) is 2. The van der Waals surface area contributed by atoms with Crippen molar-refractivity contribution in [3.05, 3.63) is 11.6 Å². The van der Waals surface area contributed by atoms with Crippen LogP contribution in [0.4, 0.5) is 0 Å². The van der Waals surface area contributed by atoms with Gasteiger partial charge in [-0.2, -0.15) is 0 Å². The van der Waals surface area contributed by atoms with E-state index in [1.165, 1.54) is 0 Å². The average Bonchev–Trinajstić information content (AvgIpc) is 2.73. The highest BCUT2D eigenvalue weighted by Gasteiger charge is 2.29. The molecule has 0 saturated carbocycles. The molecule has 2 rings (SSSR count). The monoisotopic (exact) mass is 244 g/mol. The lowest BCUT2D eigenvalue weighted by Crippen LogP contribution is -2.36. The van der Waals surface area contributed by atoms with Crippen LogP contribution < -0.4 is 5.32 Å². The number of carbonyl (C=O) groups excluding carboxylic acids is 1. The van der Waals surface area contributed by atoms with E-state index in [0.717, 1.165) is 0 Å².